The standard InChI is InChI=1S/C11H25NO3Si.C8H22N2O3Si/c1-13-11(8-6-9-12)7-4-5-10-16(11,14-2)15-3;1-12-14(2,7-4-8(10)11)13-6-3-5-9/h4-10,12H2,1-3H3;8,11H,3-7,9-10H2,1-2H3. The lowest BCUT2D eigenvalue weighted by atomic mass is 10.1. The fraction of sp³-hybridized carbons (Fsp3) is 1.00. The van der Waals surface area contributed by atoms with Gasteiger partial charge >= 0.3 is 17.1 Å². The van der Waals surface area contributed by atoms with Crippen LogP contribution >= 0.6 is 0 Å². The van der Waals surface area contributed by atoms with Crippen LogP contribution in [0.5, 0.6) is 0 Å². The van der Waals surface area contributed by atoms with Gasteiger partial charge in [-0.15, -0.1) is 0 Å². The summed E-state index contributed by atoms with van der Waals surface area (Å²) >= 11 is 0. The van der Waals surface area contributed by atoms with Gasteiger partial charge in [0.2, 0.25) is 0 Å². The summed E-state index contributed by atoms with van der Waals surface area (Å²) in [5.41, 5.74) is 16.2. The highest BCUT2D eigenvalue weighted by atomic mass is 28.4. The minimum Gasteiger partial charge on any atom is -0.398 e. The molecule has 30 heavy (non-hydrogen) atoms. The van der Waals surface area contributed by atoms with E-state index in [9.17, 15) is 0 Å². The van der Waals surface area contributed by atoms with Crippen LogP contribution in [0.2, 0.25) is 18.6 Å². The van der Waals surface area contributed by atoms with Gasteiger partial charge in [-0.25, -0.2) is 0 Å². The van der Waals surface area contributed by atoms with Crippen LogP contribution < -0.4 is 17.2 Å². The molecule has 0 aromatic rings. The Balaban J connectivity index is 0.000000567. The van der Waals surface area contributed by atoms with E-state index in [1.165, 1.54) is 12.8 Å². The first-order valence-electron chi connectivity index (χ1n) is 10.9. The van der Waals surface area contributed by atoms with Gasteiger partial charge in [-0.2, -0.15) is 0 Å². The lowest BCUT2D eigenvalue weighted by molar-refractivity contribution is -0.0153. The topological polar surface area (TPSA) is 144 Å². The highest BCUT2D eigenvalue weighted by molar-refractivity contribution is 6.70. The second-order valence-electron chi connectivity index (χ2n) is 7.89. The molecular weight excluding hydrogens is 422 g/mol. The molecule has 1 rings (SSSR count). The van der Waals surface area contributed by atoms with Crippen molar-refractivity contribution in [2.24, 2.45) is 17.2 Å². The zero-order valence-corrected chi connectivity index (χ0v) is 21.8. The smallest absolute Gasteiger partial charge is 0.370 e. The SMILES string of the molecule is COC1(CCCN)CCCC[Si]1(OC)OC.CO[Si](C)(CCC(N)O)OCCCN. The van der Waals surface area contributed by atoms with E-state index in [4.69, 9.17) is 44.7 Å². The Morgan fingerprint density at radius 1 is 1.07 bits per heavy atom. The van der Waals surface area contributed by atoms with Crippen molar-refractivity contribution in [2.45, 2.75) is 75.0 Å². The summed E-state index contributed by atoms with van der Waals surface area (Å²) < 4.78 is 28.4. The van der Waals surface area contributed by atoms with Gasteiger partial charge in [0.15, 0.2) is 0 Å². The third-order valence-electron chi connectivity index (χ3n) is 5.95. The molecule has 1 saturated heterocycles. The molecular formula is C19H47N3O6Si2. The molecule has 182 valence electrons. The molecule has 11 heteroatoms. The Labute approximate surface area is 185 Å². The molecule has 1 fully saturated rings. The summed E-state index contributed by atoms with van der Waals surface area (Å²) in [7, 11) is 2.59. The lowest BCUT2D eigenvalue weighted by Crippen LogP contribution is -2.64. The maximum atomic E-state index is 8.95. The van der Waals surface area contributed by atoms with Crippen molar-refractivity contribution >= 4 is 17.1 Å². The molecule has 0 aromatic heterocycles. The molecule has 1 aliphatic heterocycles. The Hall–Kier alpha value is 0.0738. The number of aliphatic hydroxyl groups is 1. The highest BCUT2D eigenvalue weighted by Crippen LogP contribution is 2.42. The first-order valence-corrected chi connectivity index (χ1v) is 15.5. The van der Waals surface area contributed by atoms with Crippen LogP contribution in [0.1, 0.15) is 44.9 Å². The van der Waals surface area contributed by atoms with Crippen molar-refractivity contribution in [1.29, 1.82) is 0 Å². The van der Waals surface area contributed by atoms with Gasteiger partial charge < -0.3 is 44.7 Å². The molecule has 0 radical (unpaired) electrons. The van der Waals surface area contributed by atoms with Gasteiger partial charge in [-0.05, 0) is 63.8 Å². The molecule has 1 aliphatic rings. The monoisotopic (exact) mass is 469 g/mol. The molecule has 0 spiro atoms. The Morgan fingerprint density at radius 2 is 1.70 bits per heavy atom. The summed E-state index contributed by atoms with van der Waals surface area (Å²) in [6.07, 6.45) is 5.90. The van der Waals surface area contributed by atoms with Crippen molar-refractivity contribution in [1.82, 2.24) is 0 Å². The second kappa shape index (κ2) is 15.8. The van der Waals surface area contributed by atoms with Crippen LogP contribution in [0.4, 0.5) is 0 Å². The number of nitrogens with two attached hydrogens (primary N) is 3. The van der Waals surface area contributed by atoms with Crippen molar-refractivity contribution in [3.63, 3.8) is 0 Å². The third kappa shape index (κ3) is 9.29. The molecule has 0 amide bonds. The Kier molecular flexibility index (Phi) is 15.8. The molecule has 0 aliphatic carbocycles. The third-order valence-corrected chi connectivity index (χ3v) is 13.2. The zero-order chi connectivity index (χ0) is 23.1. The van der Waals surface area contributed by atoms with Crippen LogP contribution in [0, 0.1) is 0 Å². The number of ether oxygens (including phenoxy) is 1. The average Bonchev–Trinajstić information content (AvgIpc) is 2.77. The van der Waals surface area contributed by atoms with E-state index in [1.54, 1.807) is 28.4 Å². The van der Waals surface area contributed by atoms with Crippen LogP contribution in [-0.2, 0) is 22.4 Å². The Morgan fingerprint density at radius 3 is 2.17 bits per heavy atom. The number of hydrogen-bond donors (Lipinski definition) is 4. The highest BCUT2D eigenvalue weighted by Gasteiger charge is 2.58. The number of methoxy groups -OCH3 is 1. The summed E-state index contributed by atoms with van der Waals surface area (Å²) in [4.78, 5) is 0. The van der Waals surface area contributed by atoms with E-state index in [0.29, 0.717) is 32.2 Å². The second-order valence-corrected chi connectivity index (χ2v) is 15.1. The maximum absolute atomic E-state index is 8.95. The first kappa shape index (κ1) is 30.1. The van der Waals surface area contributed by atoms with Crippen LogP contribution in [0.3, 0.4) is 0 Å². The van der Waals surface area contributed by atoms with Crippen LogP contribution in [-0.4, -0.2) is 81.8 Å². The van der Waals surface area contributed by atoms with Gasteiger partial charge in [0.25, 0.3) is 0 Å². The minimum atomic E-state index is -2.23. The summed E-state index contributed by atoms with van der Waals surface area (Å²) in [5.74, 6) is 0. The number of rotatable bonds is 14. The molecule has 3 unspecified atom stereocenters. The van der Waals surface area contributed by atoms with E-state index < -0.39 is 23.3 Å². The van der Waals surface area contributed by atoms with Gasteiger partial charge in [0.1, 0.15) is 11.5 Å². The van der Waals surface area contributed by atoms with Gasteiger partial charge in [-0.3, -0.25) is 0 Å². The van der Waals surface area contributed by atoms with Gasteiger partial charge in [0.05, 0.1) is 0 Å². The molecule has 1 heterocycles. The van der Waals surface area contributed by atoms with E-state index >= 15 is 0 Å². The maximum Gasteiger partial charge on any atom is 0.370 e. The fourth-order valence-corrected chi connectivity index (χ4v) is 9.70. The van der Waals surface area contributed by atoms with Crippen molar-refractivity contribution in [2.75, 3.05) is 48.1 Å². The predicted molar refractivity (Wildman–Crippen MR) is 124 cm³/mol. The van der Waals surface area contributed by atoms with E-state index in [2.05, 4.69) is 0 Å². The van der Waals surface area contributed by atoms with Crippen molar-refractivity contribution in [3.8, 4) is 0 Å². The number of hydrogen-bond acceptors (Lipinski definition) is 9. The summed E-state index contributed by atoms with van der Waals surface area (Å²) in [6, 6.07) is 1.73. The predicted octanol–water partition coefficient (Wildman–Crippen LogP) is 1.31. The van der Waals surface area contributed by atoms with E-state index in [-0.39, 0.29) is 5.22 Å². The summed E-state index contributed by atoms with van der Waals surface area (Å²) in [6.45, 7) is 3.90. The van der Waals surface area contributed by atoms with Gasteiger partial charge in [0, 0.05) is 35.0 Å². The molecule has 0 aromatic carbocycles. The number of aliphatic hydroxyl groups excluding tert-OH is 1. The molecule has 0 bridgehead atoms. The zero-order valence-electron chi connectivity index (χ0n) is 19.8. The van der Waals surface area contributed by atoms with E-state index in [1.807, 2.05) is 6.55 Å². The van der Waals surface area contributed by atoms with E-state index in [0.717, 1.165) is 31.7 Å². The van der Waals surface area contributed by atoms with Gasteiger partial charge in [-0.1, -0.05) is 12.8 Å². The molecule has 7 N–H and O–H groups in total. The summed E-state index contributed by atoms with van der Waals surface area (Å²) in [5, 5.41) is 8.75. The lowest BCUT2D eigenvalue weighted by Gasteiger charge is -2.48. The molecule has 0 saturated carbocycles. The molecule has 3 atom stereocenters. The quantitative estimate of drug-likeness (QED) is 0.168. The van der Waals surface area contributed by atoms with Crippen LogP contribution in [0.25, 0.3) is 0 Å². The minimum absolute atomic E-state index is 0.200. The van der Waals surface area contributed by atoms with Crippen molar-refractivity contribution < 1.29 is 27.5 Å². The Bertz CT molecular complexity index is 435. The molecule has 9 nitrogen and oxygen atoms in total. The average molecular weight is 470 g/mol. The fourth-order valence-electron chi connectivity index (χ4n) is 3.92. The first-order chi connectivity index (χ1) is 14.2. The van der Waals surface area contributed by atoms with Crippen molar-refractivity contribution in [3.05, 3.63) is 0 Å². The van der Waals surface area contributed by atoms with Crippen LogP contribution in [0.15, 0.2) is 0 Å². The largest absolute Gasteiger partial charge is 0.398 e. The normalized spacial score (nSPS) is 23.9.